The summed E-state index contributed by atoms with van der Waals surface area (Å²) < 4.78 is 10.0. The minimum Gasteiger partial charge on any atom is -0.497 e. The van der Waals surface area contributed by atoms with Crippen molar-refractivity contribution in [2.75, 3.05) is 81.6 Å². The van der Waals surface area contributed by atoms with E-state index in [1.165, 1.54) is 21.1 Å². The summed E-state index contributed by atoms with van der Waals surface area (Å²) in [6.45, 7) is 3.87. The Morgan fingerprint density at radius 3 is 1.56 bits per heavy atom. The minimum atomic E-state index is -0.325. The van der Waals surface area contributed by atoms with Gasteiger partial charge in [-0.15, -0.1) is 0 Å². The number of nitrogens with one attached hydrogen (secondary N) is 2. The van der Waals surface area contributed by atoms with Crippen molar-refractivity contribution in [3.05, 3.63) is 145 Å². The summed E-state index contributed by atoms with van der Waals surface area (Å²) in [5.41, 5.74) is 5.68. The first-order chi connectivity index (χ1) is 29.9. The topological polar surface area (TPSA) is 141 Å². The van der Waals surface area contributed by atoms with E-state index >= 15 is 0 Å². The number of hydrogen-bond acceptors (Lipinski definition) is 9. The summed E-state index contributed by atoms with van der Waals surface area (Å²) in [6.07, 6.45) is 3.80. The van der Waals surface area contributed by atoms with E-state index in [0.717, 1.165) is 35.6 Å². The van der Waals surface area contributed by atoms with Gasteiger partial charge in [-0.05, 0) is 91.6 Å². The van der Waals surface area contributed by atoms with Gasteiger partial charge in [0, 0.05) is 45.6 Å². The molecule has 62 heavy (non-hydrogen) atoms. The number of carbonyl (C=O) groups excluding carboxylic acids is 5. The van der Waals surface area contributed by atoms with Gasteiger partial charge in [-0.25, -0.2) is 0 Å². The number of methoxy groups -OCH3 is 2. The molecule has 0 fully saturated rings. The quantitative estimate of drug-likeness (QED) is 0.0954. The molecule has 5 rings (SSSR count). The van der Waals surface area contributed by atoms with Crippen molar-refractivity contribution in [3.8, 4) is 11.5 Å². The Kier molecular flexibility index (Phi) is 24.0. The van der Waals surface area contributed by atoms with Gasteiger partial charge in [0.25, 0.3) is 0 Å². The highest BCUT2D eigenvalue weighted by Crippen LogP contribution is 2.27. The summed E-state index contributed by atoms with van der Waals surface area (Å²) in [4.78, 5) is 63.5. The molecule has 4 amide bonds. The first-order valence-corrected chi connectivity index (χ1v) is 20.1. The molecule has 1 atom stereocenters. The van der Waals surface area contributed by atoms with E-state index in [0.29, 0.717) is 30.5 Å². The van der Waals surface area contributed by atoms with Crippen LogP contribution in [0.2, 0.25) is 0 Å². The van der Waals surface area contributed by atoms with Crippen LogP contribution in [-0.4, -0.2) is 99.0 Å². The van der Waals surface area contributed by atoms with E-state index in [2.05, 4.69) is 46.7 Å². The monoisotopic (exact) mass is 846 g/mol. The van der Waals surface area contributed by atoms with Crippen molar-refractivity contribution < 1.29 is 33.4 Å². The van der Waals surface area contributed by atoms with Gasteiger partial charge >= 0.3 is 0 Å². The Morgan fingerprint density at radius 2 is 1.11 bits per heavy atom. The van der Waals surface area contributed by atoms with Gasteiger partial charge in [-0.3, -0.25) is 19.2 Å². The number of rotatable bonds is 18. The van der Waals surface area contributed by atoms with Crippen molar-refractivity contribution in [1.82, 2.24) is 10.6 Å². The summed E-state index contributed by atoms with van der Waals surface area (Å²) in [7, 11) is 10.7. The molecule has 330 valence electrons. The second-order valence-corrected chi connectivity index (χ2v) is 14.1. The van der Waals surface area contributed by atoms with Crippen LogP contribution >= 0.6 is 0 Å². The molecule has 0 saturated carbocycles. The number of amides is 4. The van der Waals surface area contributed by atoms with E-state index in [9.17, 15) is 24.0 Å². The fourth-order valence-corrected chi connectivity index (χ4v) is 5.69. The maximum atomic E-state index is 12.5. The van der Waals surface area contributed by atoms with Crippen LogP contribution in [0.3, 0.4) is 0 Å². The number of nitrogens with zero attached hydrogens (tertiary/aromatic N) is 4. The lowest BCUT2D eigenvalue weighted by Crippen LogP contribution is -2.42. The molecule has 0 heterocycles. The molecular weight excluding hydrogens is 785 g/mol. The van der Waals surface area contributed by atoms with Crippen LogP contribution in [0.4, 0.5) is 22.7 Å². The SMILES string of the molecule is CC(Cc1ccccc1)NC(=O)CN(C=O)c1ccccc1N(C)CC(=O)NCC=O.CCc1ccccc1.COc1ccc(N(C)C)cc1.COc1ccc(N(C)C=O)cc1. The van der Waals surface area contributed by atoms with Crippen molar-refractivity contribution in [2.24, 2.45) is 0 Å². The van der Waals surface area contributed by atoms with Crippen LogP contribution < -0.4 is 39.7 Å². The second kappa shape index (κ2) is 29.1. The lowest BCUT2D eigenvalue weighted by Gasteiger charge is -2.26. The molecule has 0 aliphatic rings. The van der Waals surface area contributed by atoms with Crippen LogP contribution in [0.25, 0.3) is 0 Å². The zero-order chi connectivity index (χ0) is 45.7. The highest BCUT2D eigenvalue weighted by atomic mass is 16.5. The first-order valence-electron chi connectivity index (χ1n) is 20.1. The third-order valence-electron chi connectivity index (χ3n) is 9.08. The molecule has 2 N–H and O–H groups in total. The van der Waals surface area contributed by atoms with Gasteiger partial charge in [0.15, 0.2) is 0 Å². The fourth-order valence-electron chi connectivity index (χ4n) is 5.69. The second-order valence-electron chi connectivity index (χ2n) is 14.1. The predicted octanol–water partition coefficient (Wildman–Crippen LogP) is 6.45. The summed E-state index contributed by atoms with van der Waals surface area (Å²) in [5.74, 6) is 1.08. The van der Waals surface area contributed by atoms with Gasteiger partial charge in [0.2, 0.25) is 24.6 Å². The molecular formula is C49H62N6O7. The zero-order valence-electron chi connectivity index (χ0n) is 37.2. The first kappa shape index (κ1) is 51.0. The lowest BCUT2D eigenvalue weighted by atomic mass is 10.1. The smallest absolute Gasteiger partial charge is 0.240 e. The summed E-state index contributed by atoms with van der Waals surface area (Å²) in [5, 5.41) is 5.39. The highest BCUT2D eigenvalue weighted by molar-refractivity contribution is 5.93. The highest BCUT2D eigenvalue weighted by Gasteiger charge is 2.19. The standard InChI is InChI=1S/C23H28N4O4.C9H11NO2.C9H13NO.C8H10/c1-18(14-19-8-4-3-5-9-19)25-23(31)16-27(17-29)21-11-7-6-10-20(21)26(2)15-22(30)24-12-13-28;1-10(7-11)8-3-5-9(12-2)6-4-8;1-10(2)8-4-6-9(11-3)7-5-8;1-2-8-6-4-3-5-7-8/h3-11,13,17-18H,12,14-16H2,1-2H3,(H,24,30)(H,25,31);3-7H,1-2H3;4-7H,1-3H3;3-7H,2H2,1H3. The van der Waals surface area contributed by atoms with Gasteiger partial charge in [-0.2, -0.15) is 0 Å². The Morgan fingerprint density at radius 1 is 0.613 bits per heavy atom. The average molecular weight is 847 g/mol. The Bertz CT molecular complexity index is 2030. The largest absolute Gasteiger partial charge is 0.497 e. The molecule has 5 aromatic carbocycles. The molecule has 5 aromatic rings. The number of carbonyl (C=O) groups is 5. The van der Waals surface area contributed by atoms with Gasteiger partial charge < -0.3 is 44.5 Å². The molecule has 13 heteroatoms. The fraction of sp³-hybridized carbons (Fsp3) is 0.286. The van der Waals surface area contributed by atoms with Crippen molar-refractivity contribution >= 4 is 53.7 Å². The molecule has 0 aromatic heterocycles. The molecule has 0 aliphatic heterocycles. The Hall–Kier alpha value is -7.15. The van der Waals surface area contributed by atoms with Crippen molar-refractivity contribution in [3.63, 3.8) is 0 Å². The van der Waals surface area contributed by atoms with Crippen molar-refractivity contribution in [2.45, 2.75) is 32.7 Å². The predicted molar refractivity (Wildman–Crippen MR) is 251 cm³/mol. The van der Waals surface area contributed by atoms with Crippen LogP contribution in [0.5, 0.6) is 11.5 Å². The normalized spacial score (nSPS) is 10.2. The Balaban J connectivity index is 0.000000344. The van der Waals surface area contributed by atoms with E-state index in [1.807, 2.05) is 106 Å². The van der Waals surface area contributed by atoms with E-state index in [4.69, 9.17) is 9.47 Å². The van der Waals surface area contributed by atoms with Crippen molar-refractivity contribution in [1.29, 1.82) is 0 Å². The van der Waals surface area contributed by atoms with E-state index in [1.54, 1.807) is 57.5 Å². The molecule has 0 saturated heterocycles. The van der Waals surface area contributed by atoms with E-state index < -0.39 is 0 Å². The minimum absolute atomic E-state index is 0.00213. The summed E-state index contributed by atoms with van der Waals surface area (Å²) in [6, 6.07) is 42.4. The number of hydrogen-bond donors (Lipinski definition) is 2. The molecule has 0 bridgehead atoms. The molecule has 0 radical (unpaired) electrons. The van der Waals surface area contributed by atoms with E-state index in [-0.39, 0.29) is 37.5 Å². The molecule has 0 aliphatic carbocycles. The van der Waals surface area contributed by atoms with Gasteiger partial charge in [0.05, 0.1) is 38.7 Å². The average Bonchev–Trinajstić information content (AvgIpc) is 3.31. The number of aryl methyl sites for hydroxylation is 1. The number of benzene rings is 5. The number of para-hydroxylation sites is 2. The van der Waals surface area contributed by atoms with Crippen LogP contribution in [0.1, 0.15) is 25.0 Å². The number of ether oxygens (including phenoxy) is 2. The van der Waals surface area contributed by atoms with Gasteiger partial charge in [-0.1, -0.05) is 79.7 Å². The van der Waals surface area contributed by atoms with Crippen LogP contribution in [0.15, 0.2) is 133 Å². The summed E-state index contributed by atoms with van der Waals surface area (Å²) >= 11 is 0. The number of aldehydes is 1. The maximum absolute atomic E-state index is 12.5. The number of likely N-dealkylation sites (N-methyl/N-ethyl adjacent to an activating group) is 1. The molecule has 1 unspecified atom stereocenters. The van der Waals surface area contributed by atoms with Crippen LogP contribution in [0, 0.1) is 0 Å². The third-order valence-corrected chi connectivity index (χ3v) is 9.08. The lowest BCUT2D eigenvalue weighted by molar-refractivity contribution is -0.121. The molecule has 13 nitrogen and oxygen atoms in total. The maximum Gasteiger partial charge on any atom is 0.240 e. The third kappa shape index (κ3) is 19.3. The molecule has 0 spiro atoms. The Labute approximate surface area is 367 Å². The number of anilines is 4. The van der Waals surface area contributed by atoms with Gasteiger partial charge in [0.1, 0.15) is 24.3 Å². The zero-order valence-corrected chi connectivity index (χ0v) is 37.2. The van der Waals surface area contributed by atoms with Crippen LogP contribution in [-0.2, 0) is 36.8 Å².